The van der Waals surface area contributed by atoms with Gasteiger partial charge in [-0.1, -0.05) is 0 Å². The molecular weight excluding hydrogens is 230 g/mol. The van der Waals surface area contributed by atoms with Crippen molar-refractivity contribution in [3.63, 3.8) is 0 Å². The van der Waals surface area contributed by atoms with E-state index in [1.165, 1.54) is 0 Å². The minimum Gasteiger partial charge on any atom is -0.396 e. The van der Waals surface area contributed by atoms with E-state index in [0.29, 0.717) is 5.92 Å². The SMILES string of the molecule is OCC1(CNc2cc([C@H]3CCOC3)ncn2)CC1. The Morgan fingerprint density at radius 1 is 1.44 bits per heavy atom. The van der Waals surface area contributed by atoms with E-state index >= 15 is 0 Å². The molecule has 2 heterocycles. The molecule has 1 saturated carbocycles. The Morgan fingerprint density at radius 3 is 3.00 bits per heavy atom. The molecule has 0 spiro atoms. The van der Waals surface area contributed by atoms with Crippen LogP contribution in [0.4, 0.5) is 5.82 Å². The molecule has 2 N–H and O–H groups in total. The summed E-state index contributed by atoms with van der Waals surface area (Å²) in [6.07, 6.45) is 4.85. The van der Waals surface area contributed by atoms with Crippen LogP contribution in [0.5, 0.6) is 0 Å². The van der Waals surface area contributed by atoms with Crippen LogP contribution in [0.3, 0.4) is 0 Å². The first-order valence-electron chi connectivity index (χ1n) is 6.56. The minimum atomic E-state index is 0.0988. The zero-order valence-electron chi connectivity index (χ0n) is 10.4. The molecule has 18 heavy (non-hydrogen) atoms. The predicted octanol–water partition coefficient (Wildman–Crippen LogP) is 1.16. The second-order valence-corrected chi connectivity index (χ2v) is 5.40. The van der Waals surface area contributed by atoms with Crippen molar-refractivity contribution in [1.29, 1.82) is 0 Å². The number of aliphatic hydroxyl groups is 1. The van der Waals surface area contributed by atoms with Gasteiger partial charge in [0.25, 0.3) is 0 Å². The van der Waals surface area contributed by atoms with E-state index in [0.717, 1.165) is 50.5 Å². The molecule has 1 saturated heterocycles. The number of rotatable bonds is 5. The molecule has 0 radical (unpaired) electrons. The highest BCUT2D eigenvalue weighted by molar-refractivity contribution is 5.36. The topological polar surface area (TPSA) is 67.3 Å². The van der Waals surface area contributed by atoms with Gasteiger partial charge in [0, 0.05) is 30.6 Å². The zero-order valence-corrected chi connectivity index (χ0v) is 10.4. The molecule has 0 bridgehead atoms. The number of nitrogens with one attached hydrogen (secondary N) is 1. The summed E-state index contributed by atoms with van der Waals surface area (Å²) < 4.78 is 5.38. The van der Waals surface area contributed by atoms with Gasteiger partial charge in [0.15, 0.2) is 0 Å². The van der Waals surface area contributed by atoms with E-state index in [4.69, 9.17) is 4.74 Å². The number of aromatic nitrogens is 2. The first kappa shape index (κ1) is 11.9. The van der Waals surface area contributed by atoms with Crippen LogP contribution in [0.1, 0.15) is 30.9 Å². The van der Waals surface area contributed by atoms with E-state index in [9.17, 15) is 5.11 Å². The Hall–Kier alpha value is -1.20. The fourth-order valence-corrected chi connectivity index (χ4v) is 2.31. The molecule has 0 unspecified atom stereocenters. The Morgan fingerprint density at radius 2 is 2.33 bits per heavy atom. The van der Waals surface area contributed by atoms with Crippen LogP contribution < -0.4 is 5.32 Å². The van der Waals surface area contributed by atoms with Crippen molar-refractivity contribution >= 4 is 5.82 Å². The quantitative estimate of drug-likeness (QED) is 0.819. The van der Waals surface area contributed by atoms with Gasteiger partial charge in [0.05, 0.1) is 18.9 Å². The molecule has 0 amide bonds. The van der Waals surface area contributed by atoms with Crippen molar-refractivity contribution in [2.45, 2.75) is 25.2 Å². The molecule has 3 rings (SSSR count). The molecule has 1 aromatic heterocycles. The summed E-state index contributed by atoms with van der Waals surface area (Å²) in [5.41, 5.74) is 1.15. The molecule has 1 aliphatic heterocycles. The van der Waals surface area contributed by atoms with Crippen LogP contribution in [0, 0.1) is 5.41 Å². The van der Waals surface area contributed by atoms with Crippen molar-refractivity contribution in [2.75, 3.05) is 31.7 Å². The molecule has 0 aromatic carbocycles. The number of hydrogen-bond donors (Lipinski definition) is 2. The lowest BCUT2D eigenvalue weighted by atomic mass is 10.0. The highest BCUT2D eigenvalue weighted by Gasteiger charge is 2.41. The van der Waals surface area contributed by atoms with E-state index in [1.807, 2.05) is 6.07 Å². The predicted molar refractivity (Wildman–Crippen MR) is 67.5 cm³/mol. The molecule has 1 aromatic rings. The molecule has 1 atom stereocenters. The number of hydrogen-bond acceptors (Lipinski definition) is 5. The van der Waals surface area contributed by atoms with Crippen molar-refractivity contribution < 1.29 is 9.84 Å². The second kappa shape index (κ2) is 4.82. The highest BCUT2D eigenvalue weighted by Crippen LogP contribution is 2.44. The summed E-state index contributed by atoms with van der Waals surface area (Å²) in [5.74, 6) is 1.26. The van der Waals surface area contributed by atoms with Crippen LogP contribution in [0.15, 0.2) is 12.4 Å². The third-order valence-corrected chi connectivity index (χ3v) is 3.97. The fraction of sp³-hybridized carbons (Fsp3) is 0.692. The Labute approximate surface area is 107 Å². The maximum absolute atomic E-state index is 9.27. The maximum Gasteiger partial charge on any atom is 0.129 e. The summed E-state index contributed by atoms with van der Waals surface area (Å²) in [4.78, 5) is 8.55. The summed E-state index contributed by atoms with van der Waals surface area (Å²) in [5, 5.41) is 12.6. The van der Waals surface area contributed by atoms with Gasteiger partial charge in [-0.3, -0.25) is 0 Å². The number of aliphatic hydroxyl groups excluding tert-OH is 1. The number of nitrogens with zero attached hydrogens (tertiary/aromatic N) is 2. The van der Waals surface area contributed by atoms with Gasteiger partial charge >= 0.3 is 0 Å². The Kier molecular flexibility index (Phi) is 3.18. The van der Waals surface area contributed by atoms with E-state index in [1.54, 1.807) is 6.33 Å². The molecule has 98 valence electrons. The Balaban J connectivity index is 1.63. The fourth-order valence-electron chi connectivity index (χ4n) is 2.31. The summed E-state index contributed by atoms with van der Waals surface area (Å²) >= 11 is 0. The summed E-state index contributed by atoms with van der Waals surface area (Å²) in [6, 6.07) is 2.01. The van der Waals surface area contributed by atoms with Gasteiger partial charge < -0.3 is 15.2 Å². The molecule has 2 fully saturated rings. The minimum absolute atomic E-state index is 0.0988. The van der Waals surface area contributed by atoms with Gasteiger partial charge in [-0.15, -0.1) is 0 Å². The Bertz CT molecular complexity index is 414. The first-order chi connectivity index (χ1) is 8.81. The van der Waals surface area contributed by atoms with Crippen molar-refractivity contribution in [1.82, 2.24) is 9.97 Å². The van der Waals surface area contributed by atoms with Gasteiger partial charge in [-0.2, -0.15) is 0 Å². The van der Waals surface area contributed by atoms with E-state index < -0.39 is 0 Å². The van der Waals surface area contributed by atoms with Gasteiger partial charge in [0.2, 0.25) is 0 Å². The van der Waals surface area contributed by atoms with E-state index in [-0.39, 0.29) is 12.0 Å². The second-order valence-electron chi connectivity index (χ2n) is 5.40. The standard InChI is InChI=1S/C13H19N3O2/c17-8-13(2-3-13)7-14-12-5-11(15-9-16-12)10-1-4-18-6-10/h5,9-10,17H,1-4,6-8H2,(H,14,15,16)/t10-/m0/s1. The number of anilines is 1. The van der Waals surface area contributed by atoms with E-state index in [2.05, 4.69) is 15.3 Å². The highest BCUT2D eigenvalue weighted by atomic mass is 16.5. The first-order valence-corrected chi connectivity index (χ1v) is 6.56. The molecule has 1 aliphatic carbocycles. The van der Waals surface area contributed by atoms with Crippen molar-refractivity contribution in [2.24, 2.45) is 5.41 Å². The molecule has 2 aliphatic rings. The van der Waals surface area contributed by atoms with Crippen LogP contribution in [-0.4, -0.2) is 41.4 Å². The average Bonchev–Trinajstić information content (AvgIpc) is 2.99. The third-order valence-electron chi connectivity index (χ3n) is 3.97. The van der Waals surface area contributed by atoms with Crippen LogP contribution in [-0.2, 0) is 4.74 Å². The molecule has 5 nitrogen and oxygen atoms in total. The summed E-state index contributed by atoms with van der Waals surface area (Å²) in [7, 11) is 0. The van der Waals surface area contributed by atoms with Crippen LogP contribution in [0.2, 0.25) is 0 Å². The normalized spacial score (nSPS) is 25.1. The molecule has 5 heteroatoms. The average molecular weight is 249 g/mol. The van der Waals surface area contributed by atoms with Gasteiger partial charge in [-0.25, -0.2) is 9.97 Å². The lowest BCUT2D eigenvalue weighted by Gasteiger charge is -2.14. The monoisotopic (exact) mass is 249 g/mol. The number of ether oxygens (including phenoxy) is 1. The van der Waals surface area contributed by atoms with Gasteiger partial charge in [-0.05, 0) is 19.3 Å². The zero-order chi connectivity index (χ0) is 12.4. The lowest BCUT2D eigenvalue weighted by molar-refractivity contribution is 0.193. The van der Waals surface area contributed by atoms with Gasteiger partial charge in [0.1, 0.15) is 12.1 Å². The van der Waals surface area contributed by atoms with Crippen molar-refractivity contribution in [3.05, 3.63) is 18.1 Å². The largest absolute Gasteiger partial charge is 0.396 e. The smallest absolute Gasteiger partial charge is 0.129 e. The van der Waals surface area contributed by atoms with Crippen molar-refractivity contribution in [3.8, 4) is 0 Å². The molecular formula is C13H19N3O2. The van der Waals surface area contributed by atoms with Crippen LogP contribution >= 0.6 is 0 Å². The maximum atomic E-state index is 9.27. The third kappa shape index (κ3) is 2.47. The van der Waals surface area contributed by atoms with Crippen LogP contribution in [0.25, 0.3) is 0 Å². The lowest BCUT2D eigenvalue weighted by Crippen LogP contribution is -2.19. The summed E-state index contributed by atoms with van der Waals surface area (Å²) in [6.45, 7) is 2.64.